The Morgan fingerprint density at radius 1 is 1.28 bits per heavy atom. The van der Waals surface area contributed by atoms with Crippen molar-refractivity contribution in [2.75, 3.05) is 11.9 Å². The first-order valence-electron chi connectivity index (χ1n) is 5.56. The molecule has 0 saturated carbocycles. The van der Waals surface area contributed by atoms with Gasteiger partial charge in [-0.05, 0) is 36.3 Å². The van der Waals surface area contributed by atoms with Crippen LogP contribution < -0.4 is 10.6 Å². The molecule has 0 amide bonds. The van der Waals surface area contributed by atoms with Gasteiger partial charge in [-0.1, -0.05) is 13.8 Å². The second-order valence-corrected chi connectivity index (χ2v) is 4.62. The van der Waals surface area contributed by atoms with E-state index in [2.05, 4.69) is 24.5 Å². The van der Waals surface area contributed by atoms with Gasteiger partial charge >= 0.3 is 0 Å². The highest BCUT2D eigenvalue weighted by Crippen LogP contribution is 2.14. The number of nitrogens with one attached hydrogen (secondary N) is 2. The predicted molar refractivity (Wildman–Crippen MR) is 74.9 cm³/mol. The standard InChI is InChI=1S/C13H14N4S/c1-9(2)8-16-13(18)17-12-4-3-10(6-14)11(5-12)7-15/h3-5,9H,8H2,1-2H3,(H2,16,17,18). The highest BCUT2D eigenvalue weighted by molar-refractivity contribution is 7.80. The molecule has 0 unspecified atom stereocenters. The van der Waals surface area contributed by atoms with Crippen molar-refractivity contribution < 1.29 is 0 Å². The second kappa shape index (κ2) is 6.58. The van der Waals surface area contributed by atoms with Gasteiger partial charge in [-0.25, -0.2) is 0 Å². The van der Waals surface area contributed by atoms with Gasteiger partial charge in [-0.15, -0.1) is 0 Å². The molecule has 0 fully saturated rings. The average molecular weight is 258 g/mol. The number of nitrogens with zero attached hydrogens (tertiary/aromatic N) is 2. The van der Waals surface area contributed by atoms with E-state index < -0.39 is 0 Å². The van der Waals surface area contributed by atoms with Crippen LogP contribution in [0.1, 0.15) is 25.0 Å². The summed E-state index contributed by atoms with van der Waals surface area (Å²) >= 11 is 5.13. The van der Waals surface area contributed by atoms with E-state index in [0.29, 0.717) is 27.8 Å². The third kappa shape index (κ3) is 4.04. The fourth-order valence-corrected chi connectivity index (χ4v) is 1.49. The minimum absolute atomic E-state index is 0.342. The second-order valence-electron chi connectivity index (χ2n) is 4.21. The van der Waals surface area contributed by atoms with E-state index in [-0.39, 0.29) is 0 Å². The molecule has 0 radical (unpaired) electrons. The quantitative estimate of drug-likeness (QED) is 0.814. The fourth-order valence-electron chi connectivity index (χ4n) is 1.28. The van der Waals surface area contributed by atoms with Crippen LogP contribution in [0.3, 0.4) is 0 Å². The molecule has 1 rings (SSSR count). The summed E-state index contributed by atoms with van der Waals surface area (Å²) < 4.78 is 0. The summed E-state index contributed by atoms with van der Waals surface area (Å²) in [5.74, 6) is 0.500. The van der Waals surface area contributed by atoms with Crippen molar-refractivity contribution >= 4 is 23.0 Å². The molecular weight excluding hydrogens is 244 g/mol. The minimum atomic E-state index is 0.342. The SMILES string of the molecule is CC(C)CNC(=S)Nc1ccc(C#N)c(C#N)c1. The van der Waals surface area contributed by atoms with Crippen LogP contribution in [-0.2, 0) is 0 Å². The third-order valence-corrected chi connectivity index (χ3v) is 2.44. The highest BCUT2D eigenvalue weighted by atomic mass is 32.1. The van der Waals surface area contributed by atoms with Gasteiger partial charge in [0.25, 0.3) is 0 Å². The van der Waals surface area contributed by atoms with Crippen LogP contribution in [-0.4, -0.2) is 11.7 Å². The summed E-state index contributed by atoms with van der Waals surface area (Å²) in [6.45, 7) is 4.96. The van der Waals surface area contributed by atoms with Gasteiger partial charge in [0.05, 0.1) is 11.1 Å². The number of thiocarbonyl (C=S) groups is 1. The van der Waals surface area contributed by atoms with Crippen molar-refractivity contribution in [3.05, 3.63) is 29.3 Å². The van der Waals surface area contributed by atoms with Crippen LogP contribution in [0.5, 0.6) is 0 Å². The van der Waals surface area contributed by atoms with Crippen LogP contribution in [0.4, 0.5) is 5.69 Å². The summed E-state index contributed by atoms with van der Waals surface area (Å²) in [6.07, 6.45) is 0. The van der Waals surface area contributed by atoms with Gasteiger partial charge in [-0.3, -0.25) is 0 Å². The van der Waals surface area contributed by atoms with E-state index in [0.717, 1.165) is 6.54 Å². The van der Waals surface area contributed by atoms with E-state index in [1.54, 1.807) is 18.2 Å². The van der Waals surface area contributed by atoms with Crippen molar-refractivity contribution in [2.45, 2.75) is 13.8 Å². The Kier molecular flexibility index (Phi) is 5.10. The Labute approximate surface area is 112 Å². The Hall–Kier alpha value is -2.11. The van der Waals surface area contributed by atoms with Crippen LogP contribution in [0.25, 0.3) is 0 Å². The molecule has 0 aliphatic carbocycles. The molecule has 0 atom stereocenters. The minimum Gasteiger partial charge on any atom is -0.362 e. The zero-order valence-corrected chi connectivity index (χ0v) is 11.1. The summed E-state index contributed by atoms with van der Waals surface area (Å²) in [6, 6.07) is 8.89. The molecule has 0 aliphatic rings. The molecule has 0 spiro atoms. The number of hydrogen-bond acceptors (Lipinski definition) is 3. The molecule has 4 nitrogen and oxygen atoms in total. The predicted octanol–water partition coefficient (Wildman–Crippen LogP) is 2.37. The molecule has 1 aromatic carbocycles. The first-order valence-corrected chi connectivity index (χ1v) is 5.96. The van der Waals surface area contributed by atoms with E-state index in [4.69, 9.17) is 22.7 Å². The molecule has 92 valence electrons. The Balaban J connectivity index is 2.72. The van der Waals surface area contributed by atoms with E-state index in [1.165, 1.54) is 0 Å². The summed E-state index contributed by atoms with van der Waals surface area (Å²) in [4.78, 5) is 0. The molecule has 5 heteroatoms. The fraction of sp³-hybridized carbons (Fsp3) is 0.308. The molecular formula is C13H14N4S. The maximum absolute atomic E-state index is 8.91. The molecule has 0 aromatic heterocycles. The van der Waals surface area contributed by atoms with Crippen LogP contribution in [0.15, 0.2) is 18.2 Å². The van der Waals surface area contributed by atoms with Crippen molar-refractivity contribution in [2.24, 2.45) is 5.92 Å². The van der Waals surface area contributed by atoms with Crippen molar-refractivity contribution in [3.8, 4) is 12.1 Å². The number of rotatable bonds is 3. The first-order chi connectivity index (χ1) is 8.56. The normalized spacial score (nSPS) is 9.39. The summed E-state index contributed by atoms with van der Waals surface area (Å²) in [5, 5.41) is 24.3. The van der Waals surface area contributed by atoms with E-state index in [1.807, 2.05) is 12.1 Å². The zero-order valence-electron chi connectivity index (χ0n) is 10.3. The van der Waals surface area contributed by atoms with Gasteiger partial charge in [0, 0.05) is 12.2 Å². The lowest BCUT2D eigenvalue weighted by molar-refractivity contribution is 0.627. The molecule has 0 bridgehead atoms. The van der Waals surface area contributed by atoms with Crippen molar-refractivity contribution in [1.29, 1.82) is 10.5 Å². The van der Waals surface area contributed by atoms with Gasteiger partial charge in [0.1, 0.15) is 12.1 Å². The molecule has 0 heterocycles. The topological polar surface area (TPSA) is 71.6 Å². The monoisotopic (exact) mass is 258 g/mol. The molecule has 0 aliphatic heterocycles. The van der Waals surface area contributed by atoms with Crippen molar-refractivity contribution in [1.82, 2.24) is 5.32 Å². The van der Waals surface area contributed by atoms with Crippen molar-refractivity contribution in [3.63, 3.8) is 0 Å². The van der Waals surface area contributed by atoms with E-state index in [9.17, 15) is 0 Å². The van der Waals surface area contributed by atoms with Crippen LogP contribution >= 0.6 is 12.2 Å². The lowest BCUT2D eigenvalue weighted by Crippen LogP contribution is -2.31. The van der Waals surface area contributed by atoms with Gasteiger partial charge in [0.15, 0.2) is 5.11 Å². The highest BCUT2D eigenvalue weighted by Gasteiger charge is 2.04. The van der Waals surface area contributed by atoms with Crippen LogP contribution in [0.2, 0.25) is 0 Å². The van der Waals surface area contributed by atoms with Crippen LogP contribution in [0, 0.1) is 28.6 Å². The maximum Gasteiger partial charge on any atom is 0.170 e. The number of nitriles is 2. The van der Waals surface area contributed by atoms with E-state index >= 15 is 0 Å². The Morgan fingerprint density at radius 2 is 1.94 bits per heavy atom. The molecule has 0 saturated heterocycles. The summed E-state index contributed by atoms with van der Waals surface area (Å²) in [7, 11) is 0. The molecule has 18 heavy (non-hydrogen) atoms. The largest absolute Gasteiger partial charge is 0.362 e. The summed E-state index contributed by atoms with van der Waals surface area (Å²) in [5.41, 5.74) is 1.41. The first kappa shape index (κ1) is 14.0. The third-order valence-electron chi connectivity index (χ3n) is 2.19. The Bertz CT molecular complexity index is 523. The lowest BCUT2D eigenvalue weighted by Gasteiger charge is -2.12. The Morgan fingerprint density at radius 3 is 2.50 bits per heavy atom. The average Bonchev–Trinajstić information content (AvgIpc) is 2.36. The van der Waals surface area contributed by atoms with Gasteiger partial charge < -0.3 is 10.6 Å². The number of benzene rings is 1. The molecule has 2 N–H and O–H groups in total. The smallest absolute Gasteiger partial charge is 0.170 e. The number of anilines is 1. The van der Waals surface area contributed by atoms with Gasteiger partial charge in [-0.2, -0.15) is 10.5 Å². The number of hydrogen-bond donors (Lipinski definition) is 2. The van der Waals surface area contributed by atoms with Gasteiger partial charge in [0.2, 0.25) is 0 Å². The maximum atomic E-state index is 8.91. The zero-order chi connectivity index (χ0) is 13.5. The molecule has 1 aromatic rings. The lowest BCUT2D eigenvalue weighted by atomic mass is 10.1.